The van der Waals surface area contributed by atoms with Crippen molar-refractivity contribution in [3.05, 3.63) is 64.8 Å². The molecule has 0 unspecified atom stereocenters. The monoisotopic (exact) mass is 408 g/mol. The summed E-state index contributed by atoms with van der Waals surface area (Å²) in [4.78, 5) is 23.1. The molecule has 0 aliphatic carbocycles. The van der Waals surface area contributed by atoms with E-state index in [2.05, 4.69) is 30.7 Å². The summed E-state index contributed by atoms with van der Waals surface area (Å²) in [5, 5.41) is 22.4. The van der Waals surface area contributed by atoms with Gasteiger partial charge in [0, 0.05) is 23.1 Å². The average Bonchev–Trinajstić information content (AvgIpc) is 3.00. The molecule has 0 aliphatic heterocycles. The third kappa shape index (κ3) is 4.48. The number of fused-ring (bicyclic) bond motifs is 1. The van der Waals surface area contributed by atoms with Gasteiger partial charge in [0.2, 0.25) is 5.91 Å². The largest absolute Gasteiger partial charge is 0.508 e. The lowest BCUT2D eigenvalue weighted by Gasteiger charge is -2.14. The fourth-order valence-corrected chi connectivity index (χ4v) is 3.95. The summed E-state index contributed by atoms with van der Waals surface area (Å²) in [7, 11) is 0. The molecule has 2 aromatic carbocycles. The number of hydrogen-bond acceptors (Lipinski definition) is 3. The van der Waals surface area contributed by atoms with Crippen LogP contribution in [0, 0.1) is 0 Å². The van der Waals surface area contributed by atoms with Crippen LogP contribution < -0.4 is 5.32 Å². The first-order valence-corrected chi connectivity index (χ1v) is 10.2. The van der Waals surface area contributed by atoms with E-state index in [0.717, 1.165) is 39.7 Å². The molecule has 1 amide bonds. The van der Waals surface area contributed by atoms with Crippen LogP contribution in [0.5, 0.6) is 5.75 Å². The Morgan fingerprint density at radius 1 is 1.13 bits per heavy atom. The highest BCUT2D eigenvalue weighted by atomic mass is 16.4. The number of benzene rings is 2. The number of phenolic OH excluding ortho intramolecular Hbond substituents is 1. The lowest BCUT2D eigenvalue weighted by atomic mass is 9.99. The fourth-order valence-electron chi connectivity index (χ4n) is 3.95. The van der Waals surface area contributed by atoms with E-state index in [1.165, 1.54) is 0 Å². The van der Waals surface area contributed by atoms with Crippen molar-refractivity contribution in [3.8, 4) is 5.75 Å². The number of carbonyl (C=O) groups excluding carboxylic acids is 1. The van der Waals surface area contributed by atoms with Crippen LogP contribution in [-0.2, 0) is 29.0 Å². The molecule has 30 heavy (non-hydrogen) atoms. The average molecular weight is 408 g/mol. The Hall–Kier alpha value is -3.28. The van der Waals surface area contributed by atoms with E-state index >= 15 is 0 Å². The molecule has 158 valence electrons. The molecule has 3 rings (SSSR count). The van der Waals surface area contributed by atoms with Gasteiger partial charge in [-0.05, 0) is 41.2 Å². The van der Waals surface area contributed by atoms with Gasteiger partial charge >= 0.3 is 5.97 Å². The van der Waals surface area contributed by atoms with Crippen molar-refractivity contribution >= 4 is 22.8 Å². The lowest BCUT2D eigenvalue weighted by Crippen LogP contribution is -2.30. The Balaban J connectivity index is 2.02. The minimum Gasteiger partial charge on any atom is -0.508 e. The fraction of sp³-hybridized carbons (Fsp3) is 0.333. The van der Waals surface area contributed by atoms with Crippen LogP contribution in [0.3, 0.4) is 0 Å². The highest BCUT2D eigenvalue weighted by Gasteiger charge is 2.19. The summed E-state index contributed by atoms with van der Waals surface area (Å²) in [5.74, 6) is -0.848. The number of carbonyl (C=O) groups is 2. The number of aromatic nitrogens is 1. The molecule has 0 atom stereocenters. The van der Waals surface area contributed by atoms with Crippen LogP contribution in [0.1, 0.15) is 49.1 Å². The summed E-state index contributed by atoms with van der Waals surface area (Å²) in [5.41, 5.74) is 5.01. The number of aromatic hydroxyl groups is 1. The molecule has 1 heterocycles. The van der Waals surface area contributed by atoms with Crippen LogP contribution >= 0.6 is 0 Å². The maximum atomic E-state index is 12.3. The second-order valence-corrected chi connectivity index (χ2v) is 7.78. The maximum Gasteiger partial charge on any atom is 0.322 e. The minimum absolute atomic E-state index is 0.136. The smallest absolute Gasteiger partial charge is 0.322 e. The van der Waals surface area contributed by atoms with Crippen molar-refractivity contribution in [1.82, 2.24) is 9.88 Å². The molecule has 1 aromatic heterocycles. The van der Waals surface area contributed by atoms with Gasteiger partial charge < -0.3 is 20.1 Å². The first-order valence-electron chi connectivity index (χ1n) is 10.2. The summed E-state index contributed by atoms with van der Waals surface area (Å²) in [6, 6.07) is 13.7. The number of nitrogens with one attached hydrogen (secondary N) is 1. The third-order valence-electron chi connectivity index (χ3n) is 5.36. The molecule has 6 nitrogen and oxygen atoms in total. The van der Waals surface area contributed by atoms with Gasteiger partial charge in [-0.1, -0.05) is 51.1 Å². The molecule has 6 heteroatoms. The number of rotatable bonds is 8. The summed E-state index contributed by atoms with van der Waals surface area (Å²) in [6.07, 6.45) is 0.877. The van der Waals surface area contributed by atoms with Gasteiger partial charge in [-0.2, -0.15) is 0 Å². The molecule has 3 N–H and O–H groups in total. The minimum atomic E-state index is -1.06. The number of amides is 1. The van der Waals surface area contributed by atoms with Crippen LogP contribution in [0.25, 0.3) is 10.9 Å². The number of carboxylic acid groups (broad SMARTS) is 1. The van der Waals surface area contributed by atoms with Crippen molar-refractivity contribution in [2.75, 3.05) is 6.54 Å². The lowest BCUT2D eigenvalue weighted by molar-refractivity contribution is -0.137. The molecule has 0 fully saturated rings. The van der Waals surface area contributed by atoms with E-state index in [-0.39, 0.29) is 24.8 Å². The Morgan fingerprint density at radius 2 is 1.87 bits per heavy atom. The van der Waals surface area contributed by atoms with Crippen molar-refractivity contribution in [3.63, 3.8) is 0 Å². The molecule has 0 saturated carbocycles. The number of para-hydroxylation sites is 1. The molecular weight excluding hydrogens is 380 g/mol. The van der Waals surface area contributed by atoms with Crippen molar-refractivity contribution < 1.29 is 19.8 Å². The number of hydrogen-bond donors (Lipinski definition) is 3. The van der Waals surface area contributed by atoms with Gasteiger partial charge in [-0.15, -0.1) is 0 Å². The Bertz CT molecular complexity index is 1080. The zero-order chi connectivity index (χ0) is 21.8. The number of aliphatic carboxylic acids is 1. The first-order chi connectivity index (χ1) is 14.3. The topological polar surface area (TPSA) is 91.6 Å². The zero-order valence-corrected chi connectivity index (χ0v) is 17.6. The van der Waals surface area contributed by atoms with E-state index in [0.29, 0.717) is 12.3 Å². The van der Waals surface area contributed by atoms with Crippen molar-refractivity contribution in [1.29, 1.82) is 0 Å². The normalized spacial score (nSPS) is 11.2. The zero-order valence-electron chi connectivity index (χ0n) is 17.6. The van der Waals surface area contributed by atoms with E-state index in [1.807, 2.05) is 36.4 Å². The highest BCUT2D eigenvalue weighted by Crippen LogP contribution is 2.30. The molecule has 0 spiro atoms. The first kappa shape index (κ1) is 21.4. The van der Waals surface area contributed by atoms with Gasteiger partial charge in [0.05, 0.1) is 6.42 Å². The van der Waals surface area contributed by atoms with Crippen LogP contribution in [0.4, 0.5) is 0 Å². The summed E-state index contributed by atoms with van der Waals surface area (Å²) in [6.45, 7) is 6.40. The molecular formula is C24H28N2O4. The van der Waals surface area contributed by atoms with Gasteiger partial charge in [-0.3, -0.25) is 9.59 Å². The number of carboxylic acids is 1. The van der Waals surface area contributed by atoms with Crippen LogP contribution in [0.15, 0.2) is 42.5 Å². The second kappa shape index (κ2) is 9.03. The Morgan fingerprint density at radius 3 is 2.53 bits per heavy atom. The van der Waals surface area contributed by atoms with Crippen molar-refractivity contribution in [2.24, 2.45) is 0 Å². The third-order valence-corrected chi connectivity index (χ3v) is 5.36. The standard InChI is InChI=1S/C24H28N2O4/c1-4-20-19(12-23(28)25-13-24(29)30)17-7-5-6-8-21(17)26(20)14-16-9-10-22(27)18(11-16)15(2)3/h5-11,15,27H,4,12-14H2,1-3H3,(H,25,28)(H,29,30). The van der Waals surface area contributed by atoms with E-state index in [4.69, 9.17) is 5.11 Å². The van der Waals surface area contributed by atoms with E-state index < -0.39 is 5.97 Å². The highest BCUT2D eigenvalue weighted by molar-refractivity contribution is 5.91. The van der Waals surface area contributed by atoms with E-state index in [1.54, 1.807) is 6.07 Å². The Labute approximate surface area is 176 Å². The van der Waals surface area contributed by atoms with Gasteiger partial charge in [0.25, 0.3) is 0 Å². The number of nitrogens with zero attached hydrogens (tertiary/aromatic N) is 1. The van der Waals surface area contributed by atoms with Crippen LogP contribution in [-0.4, -0.2) is 33.2 Å². The van der Waals surface area contributed by atoms with Gasteiger partial charge in [-0.25, -0.2) is 0 Å². The number of phenols is 1. The van der Waals surface area contributed by atoms with Crippen molar-refractivity contribution in [2.45, 2.75) is 46.1 Å². The van der Waals surface area contributed by atoms with Crippen LogP contribution in [0.2, 0.25) is 0 Å². The predicted molar refractivity (Wildman–Crippen MR) is 117 cm³/mol. The maximum absolute atomic E-state index is 12.3. The summed E-state index contributed by atoms with van der Waals surface area (Å²) >= 11 is 0. The SMILES string of the molecule is CCc1c(CC(=O)NCC(=O)O)c2ccccc2n1Cc1ccc(O)c(C(C)C)c1. The quantitative estimate of drug-likeness (QED) is 0.528. The molecule has 0 saturated heterocycles. The molecule has 0 aliphatic rings. The molecule has 0 radical (unpaired) electrons. The summed E-state index contributed by atoms with van der Waals surface area (Å²) < 4.78 is 2.21. The molecule has 0 bridgehead atoms. The second-order valence-electron chi connectivity index (χ2n) is 7.78. The van der Waals surface area contributed by atoms with Gasteiger partial charge in [0.1, 0.15) is 12.3 Å². The van der Waals surface area contributed by atoms with Gasteiger partial charge in [0.15, 0.2) is 0 Å². The van der Waals surface area contributed by atoms with E-state index in [9.17, 15) is 14.7 Å². The molecule has 3 aromatic rings. The Kier molecular flexibility index (Phi) is 6.45. The predicted octanol–water partition coefficient (Wildman–Crippen LogP) is 3.82.